The van der Waals surface area contributed by atoms with Crippen LogP contribution in [0.15, 0.2) is 15.4 Å². The van der Waals surface area contributed by atoms with E-state index in [9.17, 15) is 8.42 Å². The Kier molecular flexibility index (Phi) is 5.40. The molecule has 0 aromatic carbocycles. The van der Waals surface area contributed by atoms with Crippen LogP contribution in [-0.4, -0.2) is 22.0 Å². The summed E-state index contributed by atoms with van der Waals surface area (Å²) in [5, 5.41) is 2.94. The zero-order valence-electron chi connectivity index (χ0n) is 13.2. The summed E-state index contributed by atoms with van der Waals surface area (Å²) >= 11 is 0. The summed E-state index contributed by atoms with van der Waals surface area (Å²) in [6, 6.07) is 1.58. The zero-order valence-corrected chi connectivity index (χ0v) is 14.0. The Labute approximate surface area is 122 Å². The third kappa shape index (κ3) is 4.07. The van der Waals surface area contributed by atoms with Gasteiger partial charge >= 0.3 is 0 Å². The van der Waals surface area contributed by atoms with Gasteiger partial charge in [0.25, 0.3) is 0 Å². The van der Waals surface area contributed by atoms with Gasteiger partial charge in [-0.2, -0.15) is 0 Å². The zero-order chi connectivity index (χ0) is 15.6. The number of sulfonamides is 1. The van der Waals surface area contributed by atoms with Crippen LogP contribution in [0.5, 0.6) is 0 Å². The van der Waals surface area contributed by atoms with Crippen molar-refractivity contribution in [1.82, 2.24) is 10.0 Å². The molecule has 0 aliphatic rings. The van der Waals surface area contributed by atoms with Gasteiger partial charge in [0, 0.05) is 12.6 Å². The summed E-state index contributed by atoms with van der Waals surface area (Å²) in [6.07, 6.45) is 0. The molecule has 0 radical (unpaired) electrons. The molecule has 0 unspecified atom stereocenters. The molecule has 1 heterocycles. The van der Waals surface area contributed by atoms with Gasteiger partial charge in [-0.1, -0.05) is 27.7 Å². The Balaban J connectivity index is 2.89. The van der Waals surface area contributed by atoms with Crippen LogP contribution in [0.25, 0.3) is 0 Å². The first-order valence-corrected chi connectivity index (χ1v) is 8.32. The number of hydrogen-bond donors (Lipinski definition) is 2. The largest absolute Gasteiger partial charge is 0.464 e. The van der Waals surface area contributed by atoms with Crippen LogP contribution in [0.3, 0.4) is 0 Å². The molecule has 0 saturated heterocycles. The molecule has 116 valence electrons. The smallest absolute Gasteiger partial charge is 0.244 e. The van der Waals surface area contributed by atoms with E-state index in [0.29, 0.717) is 30.5 Å². The number of aryl methyl sites for hydroxylation is 1. The topological polar surface area (TPSA) is 71.3 Å². The maximum absolute atomic E-state index is 12.3. The van der Waals surface area contributed by atoms with Crippen molar-refractivity contribution in [2.45, 2.75) is 46.1 Å². The Hall–Kier alpha value is -0.850. The fourth-order valence-corrected chi connectivity index (χ4v) is 3.04. The van der Waals surface area contributed by atoms with Gasteiger partial charge in [-0.15, -0.1) is 0 Å². The van der Waals surface area contributed by atoms with Gasteiger partial charge < -0.3 is 9.73 Å². The molecule has 1 aromatic rings. The van der Waals surface area contributed by atoms with Gasteiger partial charge in [0.15, 0.2) is 0 Å². The van der Waals surface area contributed by atoms with Crippen molar-refractivity contribution in [2.75, 3.05) is 13.6 Å². The summed E-state index contributed by atoms with van der Waals surface area (Å²) in [4.78, 5) is 0.224. The lowest BCUT2D eigenvalue weighted by atomic mass is 9.81. The van der Waals surface area contributed by atoms with E-state index in [1.165, 1.54) is 0 Å². The van der Waals surface area contributed by atoms with Crippen molar-refractivity contribution in [1.29, 1.82) is 0 Å². The average Bonchev–Trinajstić information content (AvgIpc) is 2.69. The van der Waals surface area contributed by atoms with Crippen LogP contribution < -0.4 is 10.0 Å². The highest BCUT2D eigenvalue weighted by atomic mass is 32.2. The van der Waals surface area contributed by atoms with Crippen molar-refractivity contribution < 1.29 is 12.8 Å². The number of rotatable bonds is 7. The van der Waals surface area contributed by atoms with Crippen molar-refractivity contribution in [2.24, 2.45) is 11.3 Å². The molecular formula is C14H26N2O3S. The summed E-state index contributed by atoms with van der Waals surface area (Å²) in [5.74, 6) is 1.43. The van der Waals surface area contributed by atoms with Crippen molar-refractivity contribution >= 4 is 10.0 Å². The molecule has 1 aromatic heterocycles. The maximum atomic E-state index is 12.3. The average molecular weight is 302 g/mol. The molecule has 0 aliphatic carbocycles. The van der Waals surface area contributed by atoms with E-state index >= 15 is 0 Å². The van der Waals surface area contributed by atoms with Gasteiger partial charge in [-0.25, -0.2) is 13.1 Å². The molecule has 0 amide bonds. The number of nitrogens with one attached hydrogen (secondary N) is 2. The Morgan fingerprint density at radius 3 is 2.45 bits per heavy atom. The minimum atomic E-state index is -3.53. The minimum absolute atomic E-state index is 0.0987. The predicted octanol–water partition coefficient (Wildman–Crippen LogP) is 2.27. The maximum Gasteiger partial charge on any atom is 0.244 e. The van der Waals surface area contributed by atoms with Gasteiger partial charge in [-0.3, -0.25) is 0 Å². The quantitative estimate of drug-likeness (QED) is 0.810. The monoisotopic (exact) mass is 302 g/mol. The molecule has 2 N–H and O–H groups in total. The van der Waals surface area contributed by atoms with Crippen molar-refractivity contribution in [3.8, 4) is 0 Å². The van der Waals surface area contributed by atoms with Gasteiger partial charge in [0.1, 0.15) is 16.4 Å². The van der Waals surface area contributed by atoms with Gasteiger partial charge in [0.2, 0.25) is 10.0 Å². The molecule has 0 spiro atoms. The molecule has 6 heteroatoms. The van der Waals surface area contributed by atoms with Crippen LogP contribution in [0, 0.1) is 18.3 Å². The van der Waals surface area contributed by atoms with Gasteiger partial charge in [0.05, 0.1) is 6.54 Å². The van der Waals surface area contributed by atoms with Crippen LogP contribution in [0.4, 0.5) is 0 Å². The normalized spacial score (nSPS) is 13.2. The van der Waals surface area contributed by atoms with E-state index < -0.39 is 10.0 Å². The lowest BCUT2D eigenvalue weighted by molar-refractivity contribution is 0.252. The predicted molar refractivity (Wildman–Crippen MR) is 80.0 cm³/mol. The van der Waals surface area contributed by atoms with Crippen molar-refractivity contribution in [3.05, 3.63) is 17.6 Å². The molecule has 0 saturated carbocycles. The van der Waals surface area contributed by atoms with E-state index in [1.807, 2.05) is 0 Å². The fraction of sp³-hybridized carbons (Fsp3) is 0.714. The molecule has 0 bridgehead atoms. The highest BCUT2D eigenvalue weighted by Gasteiger charge is 2.27. The second kappa shape index (κ2) is 6.28. The lowest BCUT2D eigenvalue weighted by Crippen LogP contribution is -2.37. The molecule has 0 atom stereocenters. The molecule has 0 aliphatic heterocycles. The molecule has 1 rings (SSSR count). The SMILES string of the molecule is CNCc1cc(S(=O)(=O)NCC(C)(C)C(C)C)c(C)o1. The standard InChI is InChI=1S/C14H26N2O3S/c1-10(2)14(4,5)9-16-20(17,18)13-7-12(8-15-6)19-11(13)3/h7,10,15-16H,8-9H2,1-6H3. The van der Waals surface area contributed by atoms with Crippen LogP contribution >= 0.6 is 0 Å². The van der Waals surface area contributed by atoms with Crippen LogP contribution in [0.1, 0.15) is 39.2 Å². The van der Waals surface area contributed by atoms with E-state index in [1.54, 1.807) is 20.0 Å². The first-order valence-electron chi connectivity index (χ1n) is 6.83. The number of furan rings is 1. The highest BCUT2D eigenvalue weighted by Crippen LogP contribution is 2.26. The summed E-state index contributed by atoms with van der Waals surface area (Å²) < 4.78 is 32.8. The summed E-state index contributed by atoms with van der Waals surface area (Å²) in [6.45, 7) is 10.8. The third-order valence-corrected chi connectivity index (χ3v) is 5.35. The lowest BCUT2D eigenvalue weighted by Gasteiger charge is -2.29. The van der Waals surface area contributed by atoms with E-state index in [2.05, 4.69) is 37.7 Å². The molecule has 0 fully saturated rings. The van der Waals surface area contributed by atoms with Crippen LogP contribution in [-0.2, 0) is 16.6 Å². The third-order valence-electron chi connectivity index (χ3n) is 3.84. The van der Waals surface area contributed by atoms with E-state index in [0.717, 1.165) is 0 Å². The minimum Gasteiger partial charge on any atom is -0.464 e. The Morgan fingerprint density at radius 1 is 1.35 bits per heavy atom. The van der Waals surface area contributed by atoms with E-state index in [-0.39, 0.29) is 10.3 Å². The summed E-state index contributed by atoms with van der Waals surface area (Å²) in [5.41, 5.74) is -0.0987. The number of hydrogen-bond acceptors (Lipinski definition) is 4. The molecule has 20 heavy (non-hydrogen) atoms. The van der Waals surface area contributed by atoms with Crippen molar-refractivity contribution in [3.63, 3.8) is 0 Å². The summed E-state index contributed by atoms with van der Waals surface area (Å²) in [7, 11) is -1.74. The molecule has 5 nitrogen and oxygen atoms in total. The van der Waals surface area contributed by atoms with E-state index in [4.69, 9.17) is 4.42 Å². The van der Waals surface area contributed by atoms with Crippen LogP contribution in [0.2, 0.25) is 0 Å². The fourth-order valence-electron chi connectivity index (χ4n) is 1.62. The first-order chi connectivity index (χ1) is 9.10. The Bertz CT molecular complexity index is 545. The Morgan fingerprint density at radius 2 is 1.95 bits per heavy atom. The second-order valence-corrected chi connectivity index (χ2v) is 7.87. The highest BCUT2D eigenvalue weighted by molar-refractivity contribution is 7.89. The first kappa shape index (κ1) is 17.2. The van der Waals surface area contributed by atoms with Gasteiger partial charge in [-0.05, 0) is 25.3 Å². The molecular weight excluding hydrogens is 276 g/mol. The second-order valence-electron chi connectivity index (χ2n) is 6.13.